The lowest BCUT2D eigenvalue weighted by Crippen LogP contribution is -2.51. The van der Waals surface area contributed by atoms with Crippen molar-refractivity contribution in [1.29, 1.82) is 0 Å². The van der Waals surface area contributed by atoms with E-state index in [9.17, 15) is 14.4 Å². The molecular weight excluding hydrogens is 334 g/mol. The van der Waals surface area contributed by atoms with E-state index in [0.717, 1.165) is 0 Å². The van der Waals surface area contributed by atoms with Gasteiger partial charge < -0.3 is 14.6 Å². The van der Waals surface area contributed by atoms with Gasteiger partial charge in [0.2, 0.25) is 5.91 Å². The van der Waals surface area contributed by atoms with Gasteiger partial charge in [0.15, 0.2) is 11.2 Å². The molecule has 0 spiro atoms. The molecular formula is C19H21N3O4. The molecule has 1 N–H and O–H groups in total. The molecule has 1 aromatic heterocycles. The Balaban J connectivity index is 1.63. The fourth-order valence-corrected chi connectivity index (χ4v) is 2.92. The number of benzene rings is 1. The van der Waals surface area contributed by atoms with Crippen LogP contribution in [0.15, 0.2) is 52.2 Å². The zero-order valence-electron chi connectivity index (χ0n) is 14.4. The summed E-state index contributed by atoms with van der Waals surface area (Å²) in [7, 11) is 0. The van der Waals surface area contributed by atoms with Crippen LogP contribution < -0.4 is 10.7 Å². The third-order valence-electron chi connectivity index (χ3n) is 4.32. The van der Waals surface area contributed by atoms with Crippen LogP contribution in [-0.4, -0.2) is 60.9 Å². The van der Waals surface area contributed by atoms with Gasteiger partial charge in [0.25, 0.3) is 5.91 Å². The van der Waals surface area contributed by atoms with E-state index < -0.39 is 0 Å². The van der Waals surface area contributed by atoms with Gasteiger partial charge in [-0.15, -0.1) is 6.58 Å². The van der Waals surface area contributed by atoms with Gasteiger partial charge in [-0.25, -0.2) is 0 Å². The van der Waals surface area contributed by atoms with Crippen molar-refractivity contribution >= 4 is 22.8 Å². The minimum absolute atomic E-state index is 0.0471. The minimum atomic E-state index is -0.302. The number of rotatable bonds is 5. The average Bonchev–Trinajstić information content (AvgIpc) is 2.66. The van der Waals surface area contributed by atoms with Gasteiger partial charge in [-0.1, -0.05) is 18.2 Å². The highest BCUT2D eigenvalue weighted by Crippen LogP contribution is 2.14. The van der Waals surface area contributed by atoms with E-state index in [4.69, 9.17) is 4.42 Å². The quantitative estimate of drug-likeness (QED) is 0.804. The summed E-state index contributed by atoms with van der Waals surface area (Å²) < 4.78 is 5.62. The molecule has 0 unspecified atom stereocenters. The summed E-state index contributed by atoms with van der Waals surface area (Å²) in [5.74, 6) is -0.320. The van der Waals surface area contributed by atoms with Crippen molar-refractivity contribution in [3.05, 3.63) is 59.0 Å². The SMILES string of the molecule is C=CCNC(=O)CN1CCN(C(=O)c2cc(=O)c3ccccc3o2)CC1. The van der Waals surface area contributed by atoms with E-state index in [1.807, 2.05) is 4.90 Å². The first-order chi connectivity index (χ1) is 12.6. The third-order valence-corrected chi connectivity index (χ3v) is 4.32. The normalized spacial score (nSPS) is 15.0. The van der Waals surface area contributed by atoms with Crippen molar-refractivity contribution in [2.24, 2.45) is 0 Å². The summed E-state index contributed by atoms with van der Waals surface area (Å²) >= 11 is 0. The Morgan fingerprint density at radius 3 is 2.65 bits per heavy atom. The molecule has 3 rings (SSSR count). The second kappa shape index (κ2) is 7.97. The maximum Gasteiger partial charge on any atom is 0.289 e. The molecule has 1 fully saturated rings. The van der Waals surface area contributed by atoms with Crippen LogP contribution in [0.5, 0.6) is 0 Å². The van der Waals surface area contributed by atoms with Gasteiger partial charge in [0.05, 0.1) is 11.9 Å². The molecule has 1 aliphatic rings. The van der Waals surface area contributed by atoms with Gasteiger partial charge in [0.1, 0.15) is 5.58 Å². The van der Waals surface area contributed by atoms with Crippen LogP contribution in [-0.2, 0) is 4.79 Å². The number of nitrogens with zero attached hydrogens (tertiary/aromatic N) is 2. The van der Waals surface area contributed by atoms with Crippen molar-refractivity contribution in [3.63, 3.8) is 0 Å². The van der Waals surface area contributed by atoms with Crippen molar-refractivity contribution in [2.75, 3.05) is 39.3 Å². The van der Waals surface area contributed by atoms with E-state index in [0.29, 0.717) is 50.2 Å². The monoisotopic (exact) mass is 355 g/mol. The Hall–Kier alpha value is -2.93. The fourth-order valence-electron chi connectivity index (χ4n) is 2.92. The van der Waals surface area contributed by atoms with Gasteiger partial charge in [-0.05, 0) is 12.1 Å². The summed E-state index contributed by atoms with van der Waals surface area (Å²) in [5, 5.41) is 3.19. The van der Waals surface area contributed by atoms with Crippen molar-refractivity contribution < 1.29 is 14.0 Å². The predicted octanol–water partition coefficient (Wildman–Crippen LogP) is 0.853. The van der Waals surface area contributed by atoms with E-state index >= 15 is 0 Å². The van der Waals surface area contributed by atoms with Gasteiger partial charge in [0, 0.05) is 38.8 Å². The number of hydrogen-bond acceptors (Lipinski definition) is 5. The van der Waals surface area contributed by atoms with E-state index in [2.05, 4.69) is 11.9 Å². The lowest BCUT2D eigenvalue weighted by atomic mass is 10.2. The fraction of sp³-hybridized carbons (Fsp3) is 0.316. The number of nitrogens with one attached hydrogen (secondary N) is 1. The highest BCUT2D eigenvalue weighted by molar-refractivity contribution is 5.93. The number of carbonyl (C=O) groups excluding carboxylic acids is 2. The molecule has 0 radical (unpaired) electrons. The number of para-hydroxylation sites is 1. The number of carbonyl (C=O) groups is 2. The standard InChI is InChI=1S/C19H21N3O4/c1-2-7-20-18(24)13-21-8-10-22(11-9-21)19(25)17-12-15(23)14-5-3-4-6-16(14)26-17/h2-6,12H,1,7-11,13H2,(H,20,24). The molecule has 0 bridgehead atoms. The van der Waals surface area contributed by atoms with E-state index in [-0.39, 0.29) is 23.0 Å². The molecule has 1 aliphatic heterocycles. The molecule has 2 heterocycles. The molecule has 0 saturated carbocycles. The van der Waals surface area contributed by atoms with Crippen LogP contribution in [0.4, 0.5) is 0 Å². The zero-order chi connectivity index (χ0) is 18.5. The van der Waals surface area contributed by atoms with E-state index in [1.165, 1.54) is 6.07 Å². The Morgan fingerprint density at radius 2 is 1.92 bits per heavy atom. The topological polar surface area (TPSA) is 82.9 Å². The molecule has 0 aliphatic carbocycles. The van der Waals surface area contributed by atoms with Gasteiger partial charge in [-0.2, -0.15) is 0 Å². The lowest BCUT2D eigenvalue weighted by Gasteiger charge is -2.33. The maximum atomic E-state index is 12.7. The molecule has 0 atom stereocenters. The van der Waals surface area contributed by atoms with Crippen molar-refractivity contribution in [2.45, 2.75) is 0 Å². The molecule has 1 saturated heterocycles. The zero-order valence-corrected chi connectivity index (χ0v) is 14.4. The Bertz CT molecular complexity index is 882. The molecule has 1 aromatic carbocycles. The number of piperazine rings is 1. The van der Waals surface area contributed by atoms with Crippen molar-refractivity contribution in [1.82, 2.24) is 15.1 Å². The molecule has 2 aromatic rings. The number of fused-ring (bicyclic) bond motifs is 1. The summed E-state index contributed by atoms with van der Waals surface area (Å²) in [6.45, 7) is 6.42. The summed E-state index contributed by atoms with van der Waals surface area (Å²) in [5.41, 5.74) is 0.175. The van der Waals surface area contributed by atoms with Crippen LogP contribution in [0.25, 0.3) is 11.0 Å². The first kappa shape index (κ1) is 17.9. The molecule has 7 nitrogen and oxygen atoms in total. The van der Waals surface area contributed by atoms with Crippen molar-refractivity contribution in [3.8, 4) is 0 Å². The van der Waals surface area contributed by atoms with E-state index in [1.54, 1.807) is 35.2 Å². The lowest BCUT2D eigenvalue weighted by molar-refractivity contribution is -0.122. The molecule has 7 heteroatoms. The second-order valence-electron chi connectivity index (χ2n) is 6.13. The highest BCUT2D eigenvalue weighted by atomic mass is 16.3. The Morgan fingerprint density at radius 1 is 1.19 bits per heavy atom. The minimum Gasteiger partial charge on any atom is -0.451 e. The smallest absolute Gasteiger partial charge is 0.289 e. The predicted molar refractivity (Wildman–Crippen MR) is 98.0 cm³/mol. The summed E-state index contributed by atoms with van der Waals surface area (Å²) in [4.78, 5) is 40.2. The van der Waals surface area contributed by atoms with Crippen LogP contribution in [0, 0.1) is 0 Å². The van der Waals surface area contributed by atoms with Crippen LogP contribution >= 0.6 is 0 Å². The Labute approximate surface area is 150 Å². The summed E-state index contributed by atoms with van der Waals surface area (Å²) in [6, 6.07) is 8.11. The number of hydrogen-bond donors (Lipinski definition) is 1. The van der Waals surface area contributed by atoms with Crippen LogP contribution in [0.3, 0.4) is 0 Å². The molecule has 136 valence electrons. The van der Waals surface area contributed by atoms with Crippen LogP contribution in [0.1, 0.15) is 10.6 Å². The number of amides is 2. The second-order valence-corrected chi connectivity index (χ2v) is 6.13. The first-order valence-electron chi connectivity index (χ1n) is 8.50. The molecule has 26 heavy (non-hydrogen) atoms. The third kappa shape index (κ3) is 4.00. The first-order valence-corrected chi connectivity index (χ1v) is 8.50. The Kier molecular flexibility index (Phi) is 5.48. The highest BCUT2D eigenvalue weighted by Gasteiger charge is 2.25. The maximum absolute atomic E-state index is 12.7. The van der Waals surface area contributed by atoms with Crippen LogP contribution in [0.2, 0.25) is 0 Å². The van der Waals surface area contributed by atoms with Gasteiger partial charge in [-0.3, -0.25) is 19.3 Å². The average molecular weight is 355 g/mol. The largest absolute Gasteiger partial charge is 0.451 e. The summed E-state index contributed by atoms with van der Waals surface area (Å²) in [6.07, 6.45) is 1.63. The van der Waals surface area contributed by atoms with Gasteiger partial charge >= 0.3 is 0 Å². The molecule has 2 amide bonds.